The summed E-state index contributed by atoms with van der Waals surface area (Å²) in [5, 5.41) is 8.93. The van der Waals surface area contributed by atoms with Crippen LogP contribution in [-0.4, -0.2) is 17.6 Å². The van der Waals surface area contributed by atoms with Gasteiger partial charge >= 0.3 is 5.97 Å². The van der Waals surface area contributed by atoms with Crippen molar-refractivity contribution >= 4 is 5.97 Å². The van der Waals surface area contributed by atoms with Gasteiger partial charge in [-0.1, -0.05) is 30.7 Å². The minimum Gasteiger partial charge on any atom is -0.481 e. The summed E-state index contributed by atoms with van der Waals surface area (Å²) in [6.45, 7) is 6.26. The summed E-state index contributed by atoms with van der Waals surface area (Å²) in [7, 11) is 0. The fraction of sp³-hybridized carbons (Fsp3) is 0.462. The number of benzene rings is 1. The summed E-state index contributed by atoms with van der Waals surface area (Å²) in [5.41, 5.74) is 8.56. The molecule has 0 heterocycles. The summed E-state index contributed by atoms with van der Waals surface area (Å²) in [4.78, 5) is 10.9. The second-order valence-electron chi connectivity index (χ2n) is 4.65. The zero-order valence-electron chi connectivity index (χ0n) is 10.1. The van der Waals surface area contributed by atoms with Crippen LogP contribution in [0.2, 0.25) is 0 Å². The first-order valence-electron chi connectivity index (χ1n) is 5.38. The summed E-state index contributed by atoms with van der Waals surface area (Å²) in [6.07, 6.45) is 0.0629. The topological polar surface area (TPSA) is 63.3 Å². The van der Waals surface area contributed by atoms with Gasteiger partial charge in [0.2, 0.25) is 0 Å². The first-order valence-corrected chi connectivity index (χ1v) is 5.38. The van der Waals surface area contributed by atoms with Crippen molar-refractivity contribution in [2.45, 2.75) is 32.6 Å². The molecule has 0 aromatic heterocycles. The molecule has 0 aliphatic carbocycles. The second kappa shape index (κ2) is 4.66. The Morgan fingerprint density at radius 3 is 2.50 bits per heavy atom. The van der Waals surface area contributed by atoms with Gasteiger partial charge in [-0.05, 0) is 25.0 Å². The highest BCUT2D eigenvalue weighted by Gasteiger charge is 2.29. The van der Waals surface area contributed by atoms with Gasteiger partial charge in [-0.15, -0.1) is 0 Å². The van der Waals surface area contributed by atoms with Gasteiger partial charge in [-0.2, -0.15) is 0 Å². The second-order valence-corrected chi connectivity index (χ2v) is 4.65. The Morgan fingerprint density at radius 1 is 1.44 bits per heavy atom. The molecule has 0 aliphatic heterocycles. The Morgan fingerprint density at radius 2 is 2.06 bits per heavy atom. The molecule has 0 amide bonds. The Hall–Kier alpha value is -1.35. The normalized spacial score (nSPS) is 14.5. The van der Waals surface area contributed by atoms with Gasteiger partial charge in [-0.25, -0.2) is 0 Å². The first-order chi connectivity index (χ1) is 7.39. The molecule has 0 radical (unpaired) electrons. The molecule has 16 heavy (non-hydrogen) atoms. The minimum absolute atomic E-state index is 0.0629. The average molecular weight is 221 g/mol. The number of carbonyl (C=O) groups is 1. The van der Waals surface area contributed by atoms with Gasteiger partial charge in [-0.3, -0.25) is 4.79 Å². The molecule has 1 atom stereocenters. The SMILES string of the molecule is Cc1ccc(C(C)(CN)CC(=O)O)c(C)c1. The number of nitrogens with two attached hydrogens (primary N) is 1. The molecule has 0 fully saturated rings. The minimum atomic E-state index is -0.812. The lowest BCUT2D eigenvalue weighted by atomic mass is 9.77. The van der Waals surface area contributed by atoms with Gasteiger partial charge in [0.05, 0.1) is 6.42 Å². The van der Waals surface area contributed by atoms with Crippen LogP contribution in [0.3, 0.4) is 0 Å². The largest absolute Gasteiger partial charge is 0.481 e. The van der Waals surface area contributed by atoms with Crippen LogP contribution in [-0.2, 0) is 10.2 Å². The molecular weight excluding hydrogens is 202 g/mol. The fourth-order valence-corrected chi connectivity index (χ4v) is 2.10. The number of aryl methyl sites for hydroxylation is 2. The van der Waals surface area contributed by atoms with Gasteiger partial charge in [0.1, 0.15) is 0 Å². The lowest BCUT2D eigenvalue weighted by Crippen LogP contribution is -2.35. The fourth-order valence-electron chi connectivity index (χ4n) is 2.10. The number of carboxylic acids is 1. The van der Waals surface area contributed by atoms with Gasteiger partial charge in [0, 0.05) is 12.0 Å². The van der Waals surface area contributed by atoms with Crippen LogP contribution >= 0.6 is 0 Å². The van der Waals surface area contributed by atoms with Crippen LogP contribution in [0.4, 0.5) is 0 Å². The van der Waals surface area contributed by atoms with Gasteiger partial charge in [0.25, 0.3) is 0 Å². The Kier molecular flexibility index (Phi) is 3.70. The van der Waals surface area contributed by atoms with Crippen molar-refractivity contribution in [1.29, 1.82) is 0 Å². The Labute approximate surface area is 96.3 Å². The van der Waals surface area contributed by atoms with Crippen molar-refractivity contribution in [2.75, 3.05) is 6.54 Å². The Balaban J connectivity index is 3.17. The van der Waals surface area contributed by atoms with Crippen LogP contribution in [0, 0.1) is 13.8 Å². The summed E-state index contributed by atoms with van der Waals surface area (Å²) < 4.78 is 0. The third kappa shape index (κ3) is 2.61. The zero-order valence-corrected chi connectivity index (χ0v) is 10.1. The van der Waals surface area contributed by atoms with Crippen molar-refractivity contribution in [2.24, 2.45) is 5.73 Å². The number of hydrogen-bond donors (Lipinski definition) is 2. The van der Waals surface area contributed by atoms with E-state index < -0.39 is 11.4 Å². The highest BCUT2D eigenvalue weighted by atomic mass is 16.4. The molecule has 3 heteroatoms. The highest BCUT2D eigenvalue weighted by molar-refractivity contribution is 5.69. The van der Waals surface area contributed by atoms with Crippen molar-refractivity contribution < 1.29 is 9.90 Å². The smallest absolute Gasteiger partial charge is 0.304 e. The van der Waals surface area contributed by atoms with Crippen LogP contribution in [0.25, 0.3) is 0 Å². The van der Waals surface area contributed by atoms with Crippen LogP contribution < -0.4 is 5.73 Å². The molecule has 0 bridgehead atoms. The van der Waals surface area contributed by atoms with Gasteiger partial charge < -0.3 is 10.8 Å². The van der Waals surface area contributed by atoms with E-state index in [4.69, 9.17) is 10.8 Å². The lowest BCUT2D eigenvalue weighted by molar-refractivity contribution is -0.138. The molecule has 88 valence electrons. The standard InChI is InChI=1S/C13H19NO2/c1-9-4-5-11(10(2)6-9)13(3,8-14)7-12(15)16/h4-6H,7-8,14H2,1-3H3,(H,15,16). The Bertz CT molecular complexity index is 401. The summed E-state index contributed by atoms with van der Waals surface area (Å²) in [5.74, 6) is -0.812. The number of hydrogen-bond acceptors (Lipinski definition) is 2. The summed E-state index contributed by atoms with van der Waals surface area (Å²) in [6, 6.07) is 6.05. The van der Waals surface area contributed by atoms with Crippen molar-refractivity contribution in [3.63, 3.8) is 0 Å². The summed E-state index contributed by atoms with van der Waals surface area (Å²) >= 11 is 0. The molecule has 1 rings (SSSR count). The first kappa shape index (κ1) is 12.7. The zero-order chi connectivity index (χ0) is 12.3. The highest BCUT2D eigenvalue weighted by Crippen LogP contribution is 2.29. The molecule has 1 aromatic rings. The van der Waals surface area contributed by atoms with E-state index in [0.717, 1.165) is 11.1 Å². The van der Waals surface area contributed by atoms with E-state index in [9.17, 15) is 4.79 Å². The predicted octanol–water partition coefficient (Wildman–Crippen LogP) is 1.99. The molecule has 0 spiro atoms. The molecule has 3 N–H and O–H groups in total. The van der Waals surface area contributed by atoms with E-state index in [1.165, 1.54) is 5.56 Å². The third-order valence-corrected chi connectivity index (χ3v) is 3.02. The van der Waals surface area contributed by atoms with Crippen molar-refractivity contribution in [3.05, 3.63) is 34.9 Å². The number of aliphatic carboxylic acids is 1. The van der Waals surface area contributed by atoms with E-state index in [0.29, 0.717) is 6.54 Å². The average Bonchev–Trinajstić information content (AvgIpc) is 2.16. The maximum atomic E-state index is 10.9. The monoisotopic (exact) mass is 221 g/mol. The maximum Gasteiger partial charge on any atom is 0.304 e. The molecule has 0 saturated carbocycles. The molecule has 3 nitrogen and oxygen atoms in total. The van der Waals surface area contributed by atoms with Crippen LogP contribution in [0.15, 0.2) is 18.2 Å². The van der Waals surface area contributed by atoms with E-state index in [2.05, 4.69) is 6.07 Å². The van der Waals surface area contributed by atoms with Gasteiger partial charge in [0.15, 0.2) is 0 Å². The van der Waals surface area contributed by atoms with Crippen molar-refractivity contribution in [1.82, 2.24) is 0 Å². The van der Waals surface area contributed by atoms with E-state index in [1.54, 1.807) is 0 Å². The number of carboxylic acid groups (broad SMARTS) is 1. The van der Waals surface area contributed by atoms with Crippen LogP contribution in [0.1, 0.15) is 30.0 Å². The third-order valence-electron chi connectivity index (χ3n) is 3.02. The molecule has 0 saturated heterocycles. The molecular formula is C13H19NO2. The molecule has 1 unspecified atom stereocenters. The van der Waals surface area contributed by atoms with E-state index >= 15 is 0 Å². The quantitative estimate of drug-likeness (QED) is 0.817. The number of rotatable bonds is 4. The maximum absolute atomic E-state index is 10.9. The molecule has 1 aromatic carbocycles. The van der Waals surface area contributed by atoms with Crippen molar-refractivity contribution in [3.8, 4) is 0 Å². The molecule has 0 aliphatic rings. The van der Waals surface area contributed by atoms with Crippen LogP contribution in [0.5, 0.6) is 0 Å². The van der Waals surface area contributed by atoms with E-state index in [-0.39, 0.29) is 6.42 Å². The van der Waals surface area contributed by atoms with E-state index in [1.807, 2.05) is 32.9 Å². The predicted molar refractivity (Wildman–Crippen MR) is 64.6 cm³/mol. The lowest BCUT2D eigenvalue weighted by Gasteiger charge is -2.28.